The SMILES string of the molecule is CN1C(=CC=C=Cc2sc(=S)n(-c3ccc(C(=O)O)cc3)c2O)C(C)(C)c2ccccc21. The third-order valence-electron chi connectivity index (χ3n) is 5.68. The van der Waals surface area contributed by atoms with E-state index in [0.717, 1.165) is 5.70 Å². The van der Waals surface area contributed by atoms with Crippen molar-refractivity contribution in [3.8, 4) is 11.6 Å². The van der Waals surface area contributed by atoms with Gasteiger partial charge in [-0.3, -0.25) is 4.57 Å². The van der Waals surface area contributed by atoms with Crippen LogP contribution in [0.25, 0.3) is 11.8 Å². The Labute approximate surface area is 195 Å². The summed E-state index contributed by atoms with van der Waals surface area (Å²) in [7, 11) is 2.06. The molecule has 32 heavy (non-hydrogen) atoms. The first-order chi connectivity index (χ1) is 15.2. The van der Waals surface area contributed by atoms with Crippen LogP contribution in [0.3, 0.4) is 0 Å². The molecule has 2 aromatic carbocycles. The molecule has 1 aromatic heterocycles. The molecule has 4 rings (SSSR count). The Morgan fingerprint density at radius 2 is 1.84 bits per heavy atom. The second kappa shape index (κ2) is 8.28. The van der Waals surface area contributed by atoms with Crippen molar-refractivity contribution < 1.29 is 15.0 Å². The van der Waals surface area contributed by atoms with Gasteiger partial charge in [0, 0.05) is 29.9 Å². The maximum atomic E-state index is 11.1. The lowest BCUT2D eigenvalue weighted by atomic mass is 9.84. The van der Waals surface area contributed by atoms with Crippen LogP contribution in [-0.2, 0) is 5.41 Å². The van der Waals surface area contributed by atoms with Gasteiger partial charge in [-0.25, -0.2) is 4.79 Å². The highest BCUT2D eigenvalue weighted by Crippen LogP contribution is 2.46. The maximum absolute atomic E-state index is 11.1. The molecule has 0 aliphatic carbocycles. The number of benzene rings is 2. The van der Waals surface area contributed by atoms with Crippen LogP contribution in [0.5, 0.6) is 5.88 Å². The van der Waals surface area contributed by atoms with Gasteiger partial charge in [0.15, 0.2) is 3.95 Å². The van der Waals surface area contributed by atoms with E-state index in [2.05, 4.69) is 49.7 Å². The summed E-state index contributed by atoms with van der Waals surface area (Å²) in [5.74, 6) is -1.00. The first-order valence-corrected chi connectivity index (χ1v) is 11.2. The molecule has 3 aromatic rings. The van der Waals surface area contributed by atoms with Crippen molar-refractivity contribution in [3.63, 3.8) is 0 Å². The minimum Gasteiger partial charge on any atom is -0.493 e. The Bertz CT molecular complexity index is 1350. The van der Waals surface area contributed by atoms with Gasteiger partial charge in [0.05, 0.1) is 16.1 Å². The number of aromatic nitrogens is 1. The van der Waals surface area contributed by atoms with Crippen molar-refractivity contribution in [3.05, 3.63) is 92.1 Å². The number of allylic oxidation sites excluding steroid dienone is 3. The van der Waals surface area contributed by atoms with Crippen molar-refractivity contribution in [2.24, 2.45) is 0 Å². The van der Waals surface area contributed by atoms with Crippen molar-refractivity contribution >= 4 is 41.3 Å². The van der Waals surface area contributed by atoms with Gasteiger partial charge >= 0.3 is 5.97 Å². The summed E-state index contributed by atoms with van der Waals surface area (Å²) in [6.45, 7) is 4.40. The van der Waals surface area contributed by atoms with Crippen molar-refractivity contribution in [2.45, 2.75) is 19.3 Å². The number of fused-ring (bicyclic) bond motifs is 1. The van der Waals surface area contributed by atoms with Gasteiger partial charge in [0.1, 0.15) is 0 Å². The van der Waals surface area contributed by atoms with E-state index in [1.165, 1.54) is 39.3 Å². The number of hydrogen-bond donors (Lipinski definition) is 2. The fraction of sp³-hybridized carbons (Fsp3) is 0.160. The van der Waals surface area contributed by atoms with Gasteiger partial charge in [0.25, 0.3) is 0 Å². The van der Waals surface area contributed by atoms with Crippen LogP contribution in [0.4, 0.5) is 5.69 Å². The van der Waals surface area contributed by atoms with E-state index < -0.39 is 5.97 Å². The molecule has 0 saturated heterocycles. The normalized spacial score (nSPS) is 15.3. The average molecular weight is 463 g/mol. The first-order valence-electron chi connectivity index (χ1n) is 9.97. The minimum atomic E-state index is -1.00. The van der Waals surface area contributed by atoms with E-state index >= 15 is 0 Å². The third-order valence-corrected chi connectivity index (χ3v) is 6.99. The van der Waals surface area contributed by atoms with Crippen molar-refractivity contribution in [1.82, 2.24) is 4.57 Å². The van der Waals surface area contributed by atoms with E-state index in [1.807, 2.05) is 18.2 Å². The lowest BCUT2D eigenvalue weighted by Crippen LogP contribution is -2.22. The van der Waals surface area contributed by atoms with Gasteiger partial charge in [0.2, 0.25) is 5.88 Å². The number of carboxylic acids is 1. The van der Waals surface area contributed by atoms with Crippen molar-refractivity contribution in [1.29, 1.82) is 0 Å². The molecule has 0 spiro atoms. The third kappa shape index (κ3) is 3.71. The number of nitrogens with zero attached hydrogens (tertiary/aromatic N) is 2. The molecular formula is C25H22N2O3S2. The molecule has 0 saturated carbocycles. The van der Waals surface area contributed by atoms with Crippen LogP contribution < -0.4 is 4.90 Å². The van der Waals surface area contributed by atoms with E-state index in [9.17, 15) is 9.90 Å². The number of carbonyl (C=O) groups is 1. The van der Waals surface area contributed by atoms with Crippen LogP contribution >= 0.6 is 23.6 Å². The Balaban J connectivity index is 1.63. The molecule has 2 N–H and O–H groups in total. The van der Waals surface area contributed by atoms with Crippen LogP contribution in [0.1, 0.15) is 34.6 Å². The van der Waals surface area contributed by atoms with Crippen molar-refractivity contribution in [2.75, 3.05) is 11.9 Å². The molecule has 5 nitrogen and oxygen atoms in total. The topological polar surface area (TPSA) is 65.7 Å². The zero-order valence-electron chi connectivity index (χ0n) is 17.9. The molecule has 0 fully saturated rings. The largest absolute Gasteiger partial charge is 0.493 e. The molecule has 2 heterocycles. The van der Waals surface area contributed by atoms with E-state index in [4.69, 9.17) is 17.3 Å². The van der Waals surface area contributed by atoms with Crippen LogP contribution in [-0.4, -0.2) is 27.8 Å². The molecule has 0 bridgehead atoms. The molecular weight excluding hydrogens is 440 g/mol. The summed E-state index contributed by atoms with van der Waals surface area (Å²) in [6.07, 6.45) is 5.58. The highest BCUT2D eigenvalue weighted by molar-refractivity contribution is 7.73. The molecule has 1 aliphatic rings. The Morgan fingerprint density at radius 1 is 1.16 bits per heavy atom. The predicted molar refractivity (Wildman–Crippen MR) is 132 cm³/mol. The standard InChI is InChI=1S/C25H22N2O3S2/c1-25(2)18-8-4-5-9-19(18)26(3)21(25)11-7-6-10-20-22(28)27(24(31)32-20)17-14-12-16(13-15-17)23(29)30/h4-5,7-15,28H,1-3H3,(H,29,30). The first kappa shape index (κ1) is 21.8. The summed E-state index contributed by atoms with van der Waals surface area (Å²) in [6, 6.07) is 14.6. The Morgan fingerprint density at radius 3 is 2.50 bits per heavy atom. The van der Waals surface area contributed by atoms with E-state index in [-0.39, 0.29) is 16.9 Å². The molecule has 7 heteroatoms. The lowest BCUT2D eigenvalue weighted by molar-refractivity contribution is 0.0697. The van der Waals surface area contributed by atoms with Gasteiger partial charge in [-0.2, -0.15) is 0 Å². The Kier molecular flexibility index (Phi) is 5.65. The second-order valence-electron chi connectivity index (χ2n) is 7.97. The number of likely N-dealkylation sites (N-methyl/N-ethyl adjacent to an activating group) is 1. The number of thiazole rings is 1. The summed E-state index contributed by atoms with van der Waals surface area (Å²) >= 11 is 6.67. The zero-order valence-corrected chi connectivity index (χ0v) is 19.5. The molecule has 1 aliphatic heterocycles. The zero-order chi connectivity index (χ0) is 23.0. The number of carboxylic acid groups (broad SMARTS) is 1. The van der Waals surface area contributed by atoms with Gasteiger partial charge in [-0.15, -0.1) is 17.1 Å². The molecule has 0 radical (unpaired) electrons. The number of aromatic carboxylic acids is 1. The van der Waals surface area contributed by atoms with Gasteiger partial charge in [-0.1, -0.05) is 32.0 Å². The van der Waals surface area contributed by atoms with Gasteiger partial charge < -0.3 is 15.1 Å². The molecule has 162 valence electrons. The highest BCUT2D eigenvalue weighted by atomic mass is 32.1. The summed E-state index contributed by atoms with van der Waals surface area (Å²) in [4.78, 5) is 13.8. The summed E-state index contributed by atoms with van der Waals surface area (Å²) < 4.78 is 1.98. The number of para-hydroxylation sites is 1. The van der Waals surface area contributed by atoms with E-state index in [1.54, 1.807) is 18.2 Å². The second-order valence-corrected chi connectivity index (χ2v) is 9.65. The number of rotatable bonds is 4. The minimum absolute atomic E-state index is 0.00217. The van der Waals surface area contributed by atoms with Crippen LogP contribution in [0.15, 0.2) is 72.1 Å². The van der Waals surface area contributed by atoms with Gasteiger partial charge in [-0.05, 0) is 60.3 Å². The Hall–Kier alpha value is -3.38. The number of anilines is 1. The maximum Gasteiger partial charge on any atom is 0.335 e. The van der Waals surface area contributed by atoms with Crippen LogP contribution in [0, 0.1) is 3.95 Å². The molecule has 0 amide bonds. The molecule has 0 atom stereocenters. The number of aromatic hydroxyl groups is 1. The predicted octanol–water partition coefficient (Wildman–Crippen LogP) is 6.15. The van der Waals surface area contributed by atoms with E-state index in [0.29, 0.717) is 14.5 Å². The summed E-state index contributed by atoms with van der Waals surface area (Å²) in [5.41, 5.74) is 7.43. The number of hydrogen-bond acceptors (Lipinski definition) is 5. The molecule has 0 unspecified atom stereocenters. The fourth-order valence-electron chi connectivity index (χ4n) is 4.01. The quantitative estimate of drug-likeness (QED) is 0.359. The fourth-order valence-corrected chi connectivity index (χ4v) is 5.25. The monoisotopic (exact) mass is 462 g/mol. The summed E-state index contributed by atoms with van der Waals surface area (Å²) in [5, 5.41) is 19.7. The average Bonchev–Trinajstić information content (AvgIpc) is 3.15. The van der Waals surface area contributed by atoms with Crippen LogP contribution in [0.2, 0.25) is 0 Å². The lowest BCUT2D eigenvalue weighted by Gasteiger charge is -2.23. The highest BCUT2D eigenvalue weighted by Gasteiger charge is 2.37. The smallest absolute Gasteiger partial charge is 0.335 e.